The van der Waals surface area contributed by atoms with Crippen molar-refractivity contribution in [1.82, 2.24) is 10.6 Å². The monoisotopic (exact) mass is 474 g/mol. The molecule has 178 valence electrons. The Labute approximate surface area is 201 Å². The molecule has 2 amide bonds. The highest BCUT2D eigenvalue weighted by atomic mass is 16.5. The van der Waals surface area contributed by atoms with Crippen LogP contribution in [-0.2, 0) is 19.1 Å². The number of amides is 2. The lowest BCUT2D eigenvalue weighted by atomic mass is 10.2. The number of esters is 2. The van der Waals surface area contributed by atoms with E-state index in [9.17, 15) is 19.2 Å². The molecule has 0 fully saturated rings. The Morgan fingerprint density at radius 2 is 1.00 bits per heavy atom. The van der Waals surface area contributed by atoms with Crippen LogP contribution in [0.15, 0.2) is 88.6 Å². The van der Waals surface area contributed by atoms with Gasteiger partial charge in [0.1, 0.15) is 22.9 Å². The van der Waals surface area contributed by atoms with E-state index < -0.39 is 23.8 Å². The topological polar surface area (TPSA) is 124 Å². The number of hydrogen-bond acceptors (Lipinski definition) is 7. The van der Waals surface area contributed by atoms with E-state index in [-0.39, 0.29) is 22.9 Å². The average molecular weight is 474 g/mol. The molecule has 0 atom stereocenters. The molecule has 0 radical (unpaired) electrons. The van der Waals surface area contributed by atoms with E-state index in [1.54, 1.807) is 60.7 Å². The van der Waals surface area contributed by atoms with Gasteiger partial charge in [-0.2, -0.15) is 0 Å². The molecule has 0 spiro atoms. The van der Waals surface area contributed by atoms with Crippen molar-refractivity contribution in [2.45, 2.75) is 0 Å². The van der Waals surface area contributed by atoms with Crippen LogP contribution in [0, 0.1) is 0 Å². The van der Waals surface area contributed by atoms with Gasteiger partial charge in [-0.05, 0) is 36.4 Å². The molecule has 0 unspecified atom stereocenters. The van der Waals surface area contributed by atoms with Gasteiger partial charge in [0.25, 0.3) is 11.8 Å². The predicted octanol–water partition coefficient (Wildman–Crippen LogP) is 3.17. The normalized spacial score (nSPS) is 11.4. The molecule has 0 bridgehead atoms. The van der Waals surface area contributed by atoms with Gasteiger partial charge in [-0.15, -0.1) is 0 Å². The van der Waals surface area contributed by atoms with Crippen LogP contribution in [0.4, 0.5) is 0 Å². The van der Waals surface area contributed by atoms with E-state index in [0.29, 0.717) is 11.1 Å². The van der Waals surface area contributed by atoms with Crippen LogP contribution in [0.2, 0.25) is 0 Å². The Bertz CT molecular complexity index is 1180. The van der Waals surface area contributed by atoms with Gasteiger partial charge in [0, 0.05) is 23.3 Å². The molecule has 0 aliphatic rings. The molecule has 0 aliphatic carbocycles. The number of ether oxygens (including phenoxy) is 2. The summed E-state index contributed by atoms with van der Waals surface area (Å²) in [4.78, 5) is 49.3. The molecule has 0 saturated carbocycles. The van der Waals surface area contributed by atoms with Crippen LogP contribution >= 0.6 is 0 Å². The van der Waals surface area contributed by atoms with Gasteiger partial charge in [0.05, 0.1) is 14.2 Å². The first kappa shape index (κ1) is 24.7. The number of carbonyl (C=O) groups is 4. The minimum Gasteiger partial charge on any atom is -0.464 e. The summed E-state index contributed by atoms with van der Waals surface area (Å²) in [5.74, 6) is -2.22. The summed E-state index contributed by atoms with van der Waals surface area (Å²) in [7, 11) is 2.36. The lowest BCUT2D eigenvalue weighted by Crippen LogP contribution is -2.28. The second-order valence-corrected chi connectivity index (χ2v) is 6.98. The van der Waals surface area contributed by atoms with Crippen molar-refractivity contribution >= 4 is 35.9 Å². The molecule has 9 nitrogen and oxygen atoms in total. The maximum atomic E-state index is 12.5. The van der Waals surface area contributed by atoms with Crippen LogP contribution in [0.5, 0.6) is 0 Å². The molecule has 2 N–H and O–H groups in total. The van der Waals surface area contributed by atoms with E-state index >= 15 is 0 Å². The summed E-state index contributed by atoms with van der Waals surface area (Å²) in [6, 6.07) is 19.7. The maximum Gasteiger partial charge on any atom is 0.354 e. The number of benzene rings is 2. The van der Waals surface area contributed by atoms with Crippen molar-refractivity contribution in [3.63, 3.8) is 0 Å². The Balaban J connectivity index is 1.84. The minimum absolute atomic E-state index is 0.156. The second-order valence-electron chi connectivity index (χ2n) is 6.98. The van der Waals surface area contributed by atoms with E-state index in [1.165, 1.54) is 38.5 Å². The highest BCUT2D eigenvalue weighted by molar-refractivity contribution is 6.04. The molecule has 3 rings (SSSR count). The van der Waals surface area contributed by atoms with Crippen molar-refractivity contribution in [2.24, 2.45) is 0 Å². The van der Waals surface area contributed by atoms with Gasteiger partial charge in [0.15, 0.2) is 0 Å². The van der Waals surface area contributed by atoms with Crippen molar-refractivity contribution in [2.75, 3.05) is 14.2 Å². The Kier molecular flexibility index (Phi) is 8.33. The number of nitrogens with one attached hydrogen (secondary N) is 2. The molecule has 2 aromatic carbocycles. The number of rotatable bonds is 8. The first-order chi connectivity index (χ1) is 16.9. The molecule has 0 saturated heterocycles. The Morgan fingerprint density at radius 1 is 0.629 bits per heavy atom. The van der Waals surface area contributed by atoms with Gasteiger partial charge in [-0.25, -0.2) is 9.59 Å². The average Bonchev–Trinajstić information content (AvgIpc) is 3.34. The third-order valence-corrected chi connectivity index (χ3v) is 4.60. The van der Waals surface area contributed by atoms with Crippen molar-refractivity contribution in [1.29, 1.82) is 0 Å². The zero-order chi connectivity index (χ0) is 25.2. The van der Waals surface area contributed by atoms with E-state index in [4.69, 9.17) is 13.9 Å². The van der Waals surface area contributed by atoms with Gasteiger partial charge in [-0.1, -0.05) is 36.4 Å². The minimum atomic E-state index is -0.784. The zero-order valence-corrected chi connectivity index (χ0v) is 18.9. The number of carbonyl (C=O) groups excluding carboxylic acids is 4. The van der Waals surface area contributed by atoms with Crippen LogP contribution in [0.1, 0.15) is 32.2 Å². The zero-order valence-electron chi connectivity index (χ0n) is 18.9. The molecule has 1 aromatic heterocycles. The van der Waals surface area contributed by atoms with E-state index in [0.717, 1.165) is 0 Å². The van der Waals surface area contributed by atoms with Crippen LogP contribution in [0.3, 0.4) is 0 Å². The van der Waals surface area contributed by atoms with Crippen LogP contribution < -0.4 is 10.6 Å². The third-order valence-electron chi connectivity index (χ3n) is 4.60. The Hall–Kier alpha value is -4.92. The summed E-state index contributed by atoms with van der Waals surface area (Å²) in [5.41, 5.74) is 0.387. The maximum absolute atomic E-state index is 12.5. The molecule has 35 heavy (non-hydrogen) atoms. The first-order valence-corrected chi connectivity index (χ1v) is 10.3. The third kappa shape index (κ3) is 6.78. The quantitative estimate of drug-likeness (QED) is 0.380. The van der Waals surface area contributed by atoms with E-state index in [2.05, 4.69) is 10.6 Å². The molecular formula is C26H22N2O7. The summed E-state index contributed by atoms with van der Waals surface area (Å²) in [6.45, 7) is 0. The summed E-state index contributed by atoms with van der Waals surface area (Å²) in [5, 5.41) is 4.99. The van der Waals surface area contributed by atoms with Gasteiger partial charge >= 0.3 is 11.9 Å². The van der Waals surface area contributed by atoms with Crippen LogP contribution in [-0.4, -0.2) is 38.0 Å². The lowest BCUT2D eigenvalue weighted by Gasteiger charge is -2.08. The SMILES string of the molecule is COC(=O)/C(=C/c1ccc(/C=C(\NC(=O)c2ccccc2)C(=O)OC)o1)NC(=O)c1ccccc1. The summed E-state index contributed by atoms with van der Waals surface area (Å²) in [6.07, 6.45) is 2.56. The summed E-state index contributed by atoms with van der Waals surface area (Å²) >= 11 is 0. The fraction of sp³-hybridized carbons (Fsp3) is 0.0769. The van der Waals surface area contributed by atoms with Crippen molar-refractivity contribution < 1.29 is 33.1 Å². The molecule has 9 heteroatoms. The van der Waals surface area contributed by atoms with Gasteiger partial charge < -0.3 is 24.5 Å². The smallest absolute Gasteiger partial charge is 0.354 e. The lowest BCUT2D eigenvalue weighted by molar-refractivity contribution is -0.137. The van der Waals surface area contributed by atoms with E-state index in [1.807, 2.05) is 0 Å². The van der Waals surface area contributed by atoms with Gasteiger partial charge in [0.2, 0.25) is 0 Å². The molecular weight excluding hydrogens is 452 g/mol. The highest BCUT2D eigenvalue weighted by Crippen LogP contribution is 2.16. The molecule has 0 aliphatic heterocycles. The first-order valence-electron chi connectivity index (χ1n) is 10.3. The largest absolute Gasteiger partial charge is 0.464 e. The fourth-order valence-electron chi connectivity index (χ4n) is 2.89. The highest BCUT2D eigenvalue weighted by Gasteiger charge is 2.18. The Morgan fingerprint density at radius 3 is 1.34 bits per heavy atom. The standard InChI is InChI=1S/C26H22N2O7/c1-33-25(31)21(27-23(29)17-9-5-3-6-10-17)15-19-13-14-20(35-19)16-22(26(32)34-2)28-24(30)18-11-7-4-8-12-18/h3-16H,1-2H3,(H,27,29)(H,28,30)/b21-15-,22-16-. The van der Waals surface area contributed by atoms with Gasteiger partial charge in [-0.3, -0.25) is 9.59 Å². The number of furan rings is 1. The second kappa shape index (κ2) is 11.8. The summed E-state index contributed by atoms with van der Waals surface area (Å²) < 4.78 is 15.1. The van der Waals surface area contributed by atoms with Crippen LogP contribution in [0.25, 0.3) is 12.2 Å². The van der Waals surface area contributed by atoms with Crippen molar-refractivity contribution in [3.8, 4) is 0 Å². The predicted molar refractivity (Wildman–Crippen MR) is 127 cm³/mol. The molecule has 1 heterocycles. The number of methoxy groups -OCH3 is 2. The molecule has 3 aromatic rings. The number of hydrogen-bond donors (Lipinski definition) is 2. The van der Waals surface area contributed by atoms with Crippen molar-refractivity contribution in [3.05, 3.63) is 107 Å². The fourth-order valence-corrected chi connectivity index (χ4v) is 2.89.